The maximum Gasteiger partial charge on any atom is -0.0277 e. The molecule has 0 radical (unpaired) electrons. The van der Waals surface area contributed by atoms with Crippen LogP contribution >= 0.6 is 0 Å². The minimum Gasteiger partial charge on any atom is -0.0955 e. The third kappa shape index (κ3) is 3.29. The highest BCUT2D eigenvalue weighted by Gasteiger charge is 1.88. The molecule has 0 bridgehead atoms. The summed E-state index contributed by atoms with van der Waals surface area (Å²) >= 11 is 0. The SMILES string of the molecule is C=C(C)C(/C=C\C)=C/CC. The van der Waals surface area contributed by atoms with Crippen molar-refractivity contribution in [1.82, 2.24) is 0 Å². The second-order valence-electron chi connectivity index (χ2n) is 2.35. The van der Waals surface area contributed by atoms with Gasteiger partial charge < -0.3 is 0 Å². The Hall–Kier alpha value is -0.780. The lowest BCUT2D eigenvalue weighted by atomic mass is 10.1. The molecule has 0 spiro atoms. The van der Waals surface area contributed by atoms with Crippen molar-refractivity contribution in [2.75, 3.05) is 0 Å². The summed E-state index contributed by atoms with van der Waals surface area (Å²) in [4.78, 5) is 0. The third-order valence-electron chi connectivity index (χ3n) is 1.26. The fourth-order valence-corrected chi connectivity index (χ4v) is 0.784. The molecule has 56 valence electrons. The van der Waals surface area contributed by atoms with Crippen LogP contribution in [0.15, 0.2) is 36.0 Å². The lowest BCUT2D eigenvalue weighted by Gasteiger charge is -1.97. The van der Waals surface area contributed by atoms with Crippen molar-refractivity contribution in [2.45, 2.75) is 27.2 Å². The van der Waals surface area contributed by atoms with E-state index in [1.807, 2.05) is 19.9 Å². The van der Waals surface area contributed by atoms with Crippen LogP contribution in [0.4, 0.5) is 0 Å². The summed E-state index contributed by atoms with van der Waals surface area (Å²) in [5.74, 6) is 0. The summed E-state index contributed by atoms with van der Waals surface area (Å²) < 4.78 is 0. The van der Waals surface area contributed by atoms with Crippen molar-refractivity contribution in [1.29, 1.82) is 0 Å². The van der Waals surface area contributed by atoms with E-state index in [1.54, 1.807) is 0 Å². The average molecular weight is 136 g/mol. The Morgan fingerprint density at radius 3 is 2.40 bits per heavy atom. The molecule has 0 N–H and O–H groups in total. The van der Waals surface area contributed by atoms with Gasteiger partial charge in [0.05, 0.1) is 0 Å². The number of hydrogen-bond acceptors (Lipinski definition) is 0. The Labute approximate surface area is 64.0 Å². The summed E-state index contributed by atoms with van der Waals surface area (Å²) in [5.41, 5.74) is 2.39. The Bertz CT molecular complexity index is 159. The molecule has 0 aromatic heterocycles. The van der Waals surface area contributed by atoms with Crippen LogP contribution < -0.4 is 0 Å². The van der Waals surface area contributed by atoms with Gasteiger partial charge in [0.1, 0.15) is 0 Å². The van der Waals surface area contributed by atoms with Gasteiger partial charge in [0.25, 0.3) is 0 Å². The van der Waals surface area contributed by atoms with Crippen LogP contribution in [0, 0.1) is 0 Å². The molecule has 0 saturated carbocycles. The summed E-state index contributed by atoms with van der Waals surface area (Å²) in [6, 6.07) is 0. The molecule has 0 atom stereocenters. The van der Waals surface area contributed by atoms with Gasteiger partial charge in [0.15, 0.2) is 0 Å². The van der Waals surface area contributed by atoms with Gasteiger partial charge in [-0.2, -0.15) is 0 Å². The van der Waals surface area contributed by atoms with E-state index in [1.165, 1.54) is 5.57 Å². The van der Waals surface area contributed by atoms with Crippen LogP contribution in [0.25, 0.3) is 0 Å². The number of allylic oxidation sites excluding steroid dienone is 5. The zero-order valence-electron chi connectivity index (χ0n) is 7.15. The molecule has 0 unspecified atom stereocenters. The van der Waals surface area contributed by atoms with Gasteiger partial charge in [-0.15, -0.1) is 0 Å². The average Bonchev–Trinajstić information content (AvgIpc) is 1.87. The first-order valence-corrected chi connectivity index (χ1v) is 3.71. The molecule has 0 rings (SSSR count). The van der Waals surface area contributed by atoms with Crippen molar-refractivity contribution in [3.63, 3.8) is 0 Å². The van der Waals surface area contributed by atoms with E-state index in [4.69, 9.17) is 0 Å². The summed E-state index contributed by atoms with van der Waals surface area (Å²) in [6.45, 7) is 10.1. The molecule has 0 aliphatic rings. The molecular weight excluding hydrogens is 120 g/mol. The normalized spacial score (nSPS) is 12.5. The topological polar surface area (TPSA) is 0 Å². The van der Waals surface area contributed by atoms with Crippen molar-refractivity contribution >= 4 is 0 Å². The molecule has 0 saturated heterocycles. The van der Waals surface area contributed by atoms with Crippen LogP contribution in [-0.2, 0) is 0 Å². The fraction of sp³-hybridized carbons (Fsp3) is 0.400. The second-order valence-corrected chi connectivity index (χ2v) is 2.35. The van der Waals surface area contributed by atoms with Crippen molar-refractivity contribution < 1.29 is 0 Å². The maximum atomic E-state index is 3.87. The fourth-order valence-electron chi connectivity index (χ4n) is 0.784. The van der Waals surface area contributed by atoms with Crippen LogP contribution in [-0.4, -0.2) is 0 Å². The van der Waals surface area contributed by atoms with Gasteiger partial charge in [-0.25, -0.2) is 0 Å². The molecular formula is C10H16. The summed E-state index contributed by atoms with van der Waals surface area (Å²) in [5, 5.41) is 0. The minimum atomic E-state index is 1.08. The highest BCUT2D eigenvalue weighted by molar-refractivity contribution is 5.35. The zero-order valence-corrected chi connectivity index (χ0v) is 7.15. The Kier molecular flexibility index (Phi) is 4.65. The van der Waals surface area contributed by atoms with Gasteiger partial charge in [-0.05, 0) is 25.8 Å². The second kappa shape index (κ2) is 5.04. The van der Waals surface area contributed by atoms with Crippen LogP contribution in [0.1, 0.15) is 27.2 Å². The maximum absolute atomic E-state index is 3.87. The summed E-state index contributed by atoms with van der Waals surface area (Å²) in [7, 11) is 0. The third-order valence-corrected chi connectivity index (χ3v) is 1.26. The van der Waals surface area contributed by atoms with Crippen LogP contribution in [0.2, 0.25) is 0 Å². The van der Waals surface area contributed by atoms with Crippen molar-refractivity contribution in [3.05, 3.63) is 36.0 Å². The molecule has 0 amide bonds. The van der Waals surface area contributed by atoms with Gasteiger partial charge in [-0.1, -0.05) is 37.3 Å². The highest BCUT2D eigenvalue weighted by atomic mass is 13.9. The van der Waals surface area contributed by atoms with Crippen LogP contribution in [0.5, 0.6) is 0 Å². The molecule has 0 nitrogen and oxygen atoms in total. The standard InChI is InChI=1S/C10H16/c1-5-7-10(8-6-2)9(3)4/h5,7-8H,3,6H2,1-2,4H3/b7-5-,10-8+. The molecule has 10 heavy (non-hydrogen) atoms. The first-order valence-electron chi connectivity index (χ1n) is 3.71. The van der Waals surface area contributed by atoms with Gasteiger partial charge in [0, 0.05) is 0 Å². The molecule has 0 aliphatic carbocycles. The van der Waals surface area contributed by atoms with E-state index < -0.39 is 0 Å². The predicted octanol–water partition coefficient (Wildman–Crippen LogP) is 3.48. The lowest BCUT2D eigenvalue weighted by molar-refractivity contribution is 1.20. The van der Waals surface area contributed by atoms with E-state index in [0.717, 1.165) is 12.0 Å². The number of hydrogen-bond donors (Lipinski definition) is 0. The lowest BCUT2D eigenvalue weighted by Crippen LogP contribution is -1.77. The molecule has 0 fully saturated rings. The summed E-state index contributed by atoms with van der Waals surface area (Å²) in [6.07, 6.45) is 7.39. The monoisotopic (exact) mass is 136 g/mol. The van der Waals surface area contributed by atoms with E-state index >= 15 is 0 Å². The quantitative estimate of drug-likeness (QED) is 0.521. The molecule has 0 heterocycles. The van der Waals surface area contributed by atoms with E-state index in [-0.39, 0.29) is 0 Å². The molecule has 0 aromatic rings. The first-order chi connectivity index (χ1) is 4.72. The van der Waals surface area contributed by atoms with E-state index in [0.29, 0.717) is 0 Å². The largest absolute Gasteiger partial charge is 0.0955 e. The Balaban J connectivity index is 4.26. The molecule has 0 heteroatoms. The van der Waals surface area contributed by atoms with Crippen LogP contribution in [0.3, 0.4) is 0 Å². The first kappa shape index (κ1) is 9.22. The molecule has 0 aromatic carbocycles. The van der Waals surface area contributed by atoms with E-state index in [9.17, 15) is 0 Å². The highest BCUT2D eigenvalue weighted by Crippen LogP contribution is 2.08. The van der Waals surface area contributed by atoms with E-state index in [2.05, 4.69) is 25.7 Å². The minimum absolute atomic E-state index is 1.08. The Morgan fingerprint density at radius 2 is 2.10 bits per heavy atom. The zero-order chi connectivity index (χ0) is 7.98. The molecule has 0 aliphatic heterocycles. The van der Waals surface area contributed by atoms with Crippen molar-refractivity contribution in [2.24, 2.45) is 0 Å². The Morgan fingerprint density at radius 1 is 1.50 bits per heavy atom. The van der Waals surface area contributed by atoms with Gasteiger partial charge in [0.2, 0.25) is 0 Å². The number of rotatable bonds is 3. The smallest absolute Gasteiger partial charge is 0.0277 e. The van der Waals surface area contributed by atoms with Crippen molar-refractivity contribution in [3.8, 4) is 0 Å². The van der Waals surface area contributed by atoms with Gasteiger partial charge >= 0.3 is 0 Å². The van der Waals surface area contributed by atoms with Gasteiger partial charge in [-0.3, -0.25) is 0 Å². The predicted molar refractivity (Wildman–Crippen MR) is 48.0 cm³/mol.